The average Bonchev–Trinajstić information content (AvgIpc) is 2.70. The quantitative estimate of drug-likeness (QED) is 0.613. The third kappa shape index (κ3) is 5.53. The number of hydrogen-bond acceptors (Lipinski definition) is 4. The summed E-state index contributed by atoms with van der Waals surface area (Å²) in [4.78, 5) is 19.4. The fraction of sp³-hybridized carbons (Fsp3) is 0.429. The molecule has 1 unspecified atom stereocenters. The molecular weight excluding hydrogens is 408 g/mol. The Morgan fingerprint density at radius 1 is 1.30 bits per heavy atom. The second-order valence-corrected chi connectivity index (χ2v) is 7.57. The number of pyridine rings is 1. The van der Waals surface area contributed by atoms with Gasteiger partial charge in [0.05, 0.1) is 6.10 Å². The summed E-state index contributed by atoms with van der Waals surface area (Å²) in [7, 11) is 0. The smallest absolute Gasteiger partial charge is 0.259 e. The summed E-state index contributed by atoms with van der Waals surface area (Å²) in [5, 5.41) is 0. The summed E-state index contributed by atoms with van der Waals surface area (Å²) in [6.07, 6.45) is 5.90. The largest absolute Gasteiger partial charge is 0.438 e. The van der Waals surface area contributed by atoms with Gasteiger partial charge in [-0.3, -0.25) is 4.79 Å². The number of ether oxygens (including phenoxy) is 2. The molecule has 0 spiro atoms. The predicted octanol–water partition coefficient (Wildman–Crippen LogP) is 5.06. The molecule has 0 radical (unpaired) electrons. The van der Waals surface area contributed by atoms with Crippen LogP contribution in [0.5, 0.6) is 11.6 Å². The van der Waals surface area contributed by atoms with E-state index >= 15 is 0 Å². The van der Waals surface area contributed by atoms with Gasteiger partial charge in [0.2, 0.25) is 5.88 Å². The SMILES string of the molecule is CCCN(CC1CCCCO1)C(=O)c1cccnc1Oc1ccc(Br)cc1. The summed E-state index contributed by atoms with van der Waals surface area (Å²) < 4.78 is 12.7. The molecule has 27 heavy (non-hydrogen) atoms. The molecule has 1 saturated heterocycles. The van der Waals surface area contributed by atoms with Gasteiger partial charge in [-0.1, -0.05) is 22.9 Å². The van der Waals surface area contributed by atoms with E-state index in [1.54, 1.807) is 18.3 Å². The zero-order valence-corrected chi connectivity index (χ0v) is 17.2. The average molecular weight is 433 g/mol. The van der Waals surface area contributed by atoms with Gasteiger partial charge in [0.1, 0.15) is 11.3 Å². The number of nitrogens with zero attached hydrogens (tertiary/aromatic N) is 2. The van der Waals surface area contributed by atoms with E-state index in [1.165, 1.54) is 0 Å². The molecule has 144 valence electrons. The van der Waals surface area contributed by atoms with Gasteiger partial charge >= 0.3 is 0 Å². The Morgan fingerprint density at radius 2 is 2.11 bits per heavy atom. The fourth-order valence-corrected chi connectivity index (χ4v) is 3.43. The first kappa shape index (κ1) is 19.8. The van der Waals surface area contributed by atoms with Gasteiger partial charge in [-0.05, 0) is 62.1 Å². The molecule has 0 saturated carbocycles. The molecule has 1 aromatic carbocycles. The van der Waals surface area contributed by atoms with Crippen LogP contribution in [0, 0.1) is 0 Å². The van der Waals surface area contributed by atoms with Crippen LogP contribution in [0.1, 0.15) is 43.0 Å². The lowest BCUT2D eigenvalue weighted by Crippen LogP contribution is -2.40. The van der Waals surface area contributed by atoms with Crippen LogP contribution in [0.4, 0.5) is 0 Å². The first-order valence-electron chi connectivity index (χ1n) is 9.46. The predicted molar refractivity (Wildman–Crippen MR) is 108 cm³/mol. The van der Waals surface area contributed by atoms with Gasteiger partial charge in [0.25, 0.3) is 5.91 Å². The van der Waals surface area contributed by atoms with Gasteiger partial charge < -0.3 is 14.4 Å². The van der Waals surface area contributed by atoms with Gasteiger partial charge in [0, 0.05) is 30.4 Å². The number of carbonyl (C=O) groups is 1. The first-order valence-corrected chi connectivity index (χ1v) is 10.3. The van der Waals surface area contributed by atoms with Crippen molar-refractivity contribution in [2.24, 2.45) is 0 Å². The van der Waals surface area contributed by atoms with Gasteiger partial charge in [-0.15, -0.1) is 0 Å². The third-order valence-electron chi connectivity index (χ3n) is 4.51. The van der Waals surface area contributed by atoms with Crippen LogP contribution in [0.3, 0.4) is 0 Å². The van der Waals surface area contributed by atoms with E-state index in [4.69, 9.17) is 9.47 Å². The maximum absolute atomic E-state index is 13.2. The molecule has 3 rings (SSSR count). The number of aromatic nitrogens is 1. The fourth-order valence-electron chi connectivity index (χ4n) is 3.16. The summed E-state index contributed by atoms with van der Waals surface area (Å²) in [6, 6.07) is 11.0. The highest BCUT2D eigenvalue weighted by molar-refractivity contribution is 9.10. The zero-order chi connectivity index (χ0) is 19.1. The van der Waals surface area contributed by atoms with Gasteiger partial charge in [-0.2, -0.15) is 0 Å². The molecule has 1 fully saturated rings. The van der Waals surface area contributed by atoms with Gasteiger partial charge in [-0.25, -0.2) is 4.98 Å². The molecule has 1 aliphatic heterocycles. The highest BCUT2D eigenvalue weighted by Crippen LogP contribution is 2.26. The van der Waals surface area contributed by atoms with Crippen LogP contribution in [0.25, 0.3) is 0 Å². The monoisotopic (exact) mass is 432 g/mol. The van der Waals surface area contributed by atoms with E-state index in [0.717, 1.165) is 36.8 Å². The second kappa shape index (κ2) is 9.85. The third-order valence-corrected chi connectivity index (χ3v) is 5.04. The molecule has 5 nitrogen and oxygen atoms in total. The van der Waals surface area contributed by atoms with Crippen LogP contribution < -0.4 is 4.74 Å². The maximum Gasteiger partial charge on any atom is 0.259 e. The van der Waals surface area contributed by atoms with Crippen molar-refractivity contribution in [3.8, 4) is 11.6 Å². The summed E-state index contributed by atoms with van der Waals surface area (Å²) >= 11 is 3.41. The number of carbonyl (C=O) groups excluding carboxylic acids is 1. The van der Waals surface area contributed by atoms with E-state index in [0.29, 0.717) is 30.3 Å². The van der Waals surface area contributed by atoms with Crippen molar-refractivity contribution < 1.29 is 14.3 Å². The highest BCUT2D eigenvalue weighted by Gasteiger charge is 2.24. The van der Waals surface area contributed by atoms with Gasteiger partial charge in [0.15, 0.2) is 0 Å². The van der Waals surface area contributed by atoms with E-state index in [-0.39, 0.29) is 12.0 Å². The second-order valence-electron chi connectivity index (χ2n) is 6.65. The Morgan fingerprint density at radius 3 is 2.81 bits per heavy atom. The van der Waals surface area contributed by atoms with Crippen molar-refractivity contribution in [2.75, 3.05) is 19.7 Å². The standard InChI is InChI=1S/C21H25BrN2O3/c1-2-13-24(15-18-6-3-4-14-26-18)21(25)19-7-5-12-23-20(19)27-17-10-8-16(22)9-11-17/h5,7-12,18H,2-4,6,13-15H2,1H3. The van der Waals surface area contributed by atoms with Crippen molar-refractivity contribution in [2.45, 2.75) is 38.7 Å². The molecule has 0 N–H and O–H groups in total. The first-order chi connectivity index (χ1) is 13.2. The molecule has 0 bridgehead atoms. The number of amides is 1. The van der Waals surface area contributed by atoms with E-state index in [9.17, 15) is 4.79 Å². The number of rotatable bonds is 7. The molecular formula is C21H25BrN2O3. The van der Waals surface area contributed by atoms with Crippen molar-refractivity contribution in [3.05, 3.63) is 52.6 Å². The van der Waals surface area contributed by atoms with Crippen LogP contribution in [-0.4, -0.2) is 41.6 Å². The Labute approximate surface area is 168 Å². The topological polar surface area (TPSA) is 51.7 Å². The number of hydrogen-bond donors (Lipinski definition) is 0. The lowest BCUT2D eigenvalue weighted by Gasteiger charge is -2.30. The van der Waals surface area contributed by atoms with Crippen LogP contribution in [0.2, 0.25) is 0 Å². The van der Waals surface area contributed by atoms with Crippen molar-refractivity contribution in [1.82, 2.24) is 9.88 Å². The molecule has 1 aliphatic rings. The van der Waals surface area contributed by atoms with Crippen LogP contribution >= 0.6 is 15.9 Å². The number of benzene rings is 1. The molecule has 2 heterocycles. The maximum atomic E-state index is 13.2. The number of halogens is 1. The Hall–Kier alpha value is -1.92. The Bertz CT molecular complexity index is 745. The minimum absolute atomic E-state index is 0.0637. The Kier molecular flexibility index (Phi) is 7.24. The molecule has 6 heteroatoms. The van der Waals surface area contributed by atoms with Crippen molar-refractivity contribution >= 4 is 21.8 Å². The summed E-state index contributed by atoms with van der Waals surface area (Å²) in [5.74, 6) is 0.908. The minimum atomic E-state index is -0.0637. The zero-order valence-electron chi connectivity index (χ0n) is 15.6. The summed E-state index contributed by atoms with van der Waals surface area (Å²) in [5.41, 5.74) is 0.477. The highest BCUT2D eigenvalue weighted by atomic mass is 79.9. The minimum Gasteiger partial charge on any atom is -0.438 e. The molecule has 0 aliphatic carbocycles. The lowest BCUT2D eigenvalue weighted by atomic mass is 10.1. The van der Waals surface area contributed by atoms with E-state index in [2.05, 4.69) is 27.8 Å². The lowest BCUT2D eigenvalue weighted by molar-refractivity contribution is -0.00390. The molecule has 1 atom stereocenters. The Balaban J connectivity index is 1.78. The summed E-state index contributed by atoms with van der Waals surface area (Å²) in [6.45, 7) is 4.15. The van der Waals surface area contributed by atoms with Crippen molar-refractivity contribution in [1.29, 1.82) is 0 Å². The molecule has 1 aromatic heterocycles. The van der Waals surface area contributed by atoms with Crippen LogP contribution in [-0.2, 0) is 4.74 Å². The van der Waals surface area contributed by atoms with E-state index < -0.39 is 0 Å². The molecule has 2 aromatic rings. The molecule has 1 amide bonds. The normalized spacial score (nSPS) is 16.7. The van der Waals surface area contributed by atoms with E-state index in [1.807, 2.05) is 29.2 Å². The van der Waals surface area contributed by atoms with Crippen molar-refractivity contribution in [3.63, 3.8) is 0 Å². The van der Waals surface area contributed by atoms with Crippen LogP contribution in [0.15, 0.2) is 47.1 Å².